The van der Waals surface area contributed by atoms with Gasteiger partial charge >= 0.3 is 6.36 Å². The molecule has 0 aliphatic rings. The van der Waals surface area contributed by atoms with Crippen LogP contribution < -0.4 is 10.1 Å². The second-order valence-electron chi connectivity index (χ2n) is 9.29. The summed E-state index contributed by atoms with van der Waals surface area (Å²) in [6.45, 7) is 6.08. The monoisotopic (exact) mass is 532 g/mol. The third-order valence-corrected chi connectivity index (χ3v) is 6.19. The van der Waals surface area contributed by atoms with Gasteiger partial charge in [0, 0.05) is 17.5 Å². The first kappa shape index (κ1) is 26.3. The van der Waals surface area contributed by atoms with Crippen LogP contribution in [-0.2, 0) is 23.3 Å². The molecule has 0 saturated carbocycles. The van der Waals surface area contributed by atoms with E-state index >= 15 is 0 Å². The van der Waals surface area contributed by atoms with Crippen molar-refractivity contribution in [3.05, 3.63) is 77.2 Å². The number of ether oxygens (including phenoxy) is 1. The van der Waals surface area contributed by atoms with Crippen LogP contribution in [0.2, 0.25) is 0 Å². The second-order valence-corrected chi connectivity index (χ2v) is 10.1. The van der Waals surface area contributed by atoms with Gasteiger partial charge in [0.05, 0.1) is 35.1 Å². The summed E-state index contributed by atoms with van der Waals surface area (Å²) in [6, 6.07) is 11.6. The summed E-state index contributed by atoms with van der Waals surface area (Å²) >= 11 is 1.36. The molecule has 4 aromatic rings. The number of thiazole rings is 1. The first-order valence-corrected chi connectivity index (χ1v) is 12.2. The molecule has 2 aromatic heterocycles. The minimum absolute atomic E-state index is 0.00543. The molecule has 0 bridgehead atoms. The topological polar surface area (TPSA) is 69.0 Å². The molecule has 37 heavy (non-hydrogen) atoms. The summed E-state index contributed by atoms with van der Waals surface area (Å²) in [7, 11) is 0. The Hall–Kier alpha value is -3.73. The molecule has 2 aromatic carbocycles. The highest BCUT2D eigenvalue weighted by atomic mass is 32.1. The molecule has 0 saturated heterocycles. The fourth-order valence-electron chi connectivity index (χ4n) is 3.69. The van der Waals surface area contributed by atoms with Crippen LogP contribution in [0.1, 0.15) is 32.0 Å². The van der Waals surface area contributed by atoms with Crippen molar-refractivity contribution in [3.63, 3.8) is 0 Å². The zero-order valence-electron chi connectivity index (χ0n) is 20.3. The van der Waals surface area contributed by atoms with Gasteiger partial charge in [0.25, 0.3) is 0 Å². The first-order valence-electron chi connectivity index (χ1n) is 11.3. The van der Waals surface area contributed by atoms with Gasteiger partial charge in [-0.2, -0.15) is 5.10 Å². The summed E-state index contributed by atoms with van der Waals surface area (Å²) in [4.78, 5) is 17.1. The maximum atomic E-state index is 13.5. The fraction of sp³-hybridized carbons (Fsp3) is 0.269. The minimum Gasteiger partial charge on any atom is -0.406 e. The summed E-state index contributed by atoms with van der Waals surface area (Å²) in [6.07, 6.45) is -3.08. The zero-order valence-corrected chi connectivity index (χ0v) is 21.1. The van der Waals surface area contributed by atoms with Crippen molar-refractivity contribution < 1.29 is 27.1 Å². The van der Waals surface area contributed by atoms with Gasteiger partial charge in [-0.1, -0.05) is 12.1 Å². The summed E-state index contributed by atoms with van der Waals surface area (Å²) < 4.78 is 56.6. The Balaban J connectivity index is 1.48. The van der Waals surface area contributed by atoms with E-state index in [9.17, 15) is 22.4 Å². The number of aromatic nitrogens is 3. The number of nitrogens with one attached hydrogen (secondary N) is 1. The van der Waals surface area contributed by atoms with Gasteiger partial charge in [0.2, 0.25) is 5.91 Å². The molecular weight excluding hydrogens is 508 g/mol. The average Bonchev–Trinajstić information content (AvgIpc) is 3.44. The van der Waals surface area contributed by atoms with E-state index in [1.165, 1.54) is 41.7 Å². The Bertz CT molecular complexity index is 1390. The molecule has 0 aliphatic carbocycles. The largest absolute Gasteiger partial charge is 0.573 e. The molecule has 4 rings (SSSR count). The van der Waals surface area contributed by atoms with E-state index in [1.54, 1.807) is 29.8 Å². The number of carbonyl (C=O) groups excluding carboxylic acids is 1. The number of benzene rings is 2. The Morgan fingerprint density at radius 1 is 1.11 bits per heavy atom. The minimum atomic E-state index is -4.79. The van der Waals surface area contributed by atoms with Crippen molar-refractivity contribution >= 4 is 17.2 Å². The van der Waals surface area contributed by atoms with Gasteiger partial charge in [-0.25, -0.2) is 9.37 Å². The highest BCUT2D eigenvalue weighted by Gasteiger charge is 2.31. The predicted octanol–water partition coefficient (Wildman–Crippen LogP) is 6.33. The van der Waals surface area contributed by atoms with Crippen molar-refractivity contribution in [1.29, 1.82) is 0 Å². The lowest BCUT2D eigenvalue weighted by Gasteiger charge is -2.23. The average molecular weight is 533 g/mol. The molecule has 2 heterocycles. The van der Waals surface area contributed by atoms with Crippen LogP contribution in [0, 0.1) is 5.82 Å². The fourth-order valence-corrected chi connectivity index (χ4v) is 4.52. The number of amides is 1. The molecule has 0 radical (unpaired) electrons. The van der Waals surface area contributed by atoms with Gasteiger partial charge < -0.3 is 10.1 Å². The lowest BCUT2D eigenvalue weighted by molar-refractivity contribution is -0.274. The molecule has 11 heteroatoms. The molecule has 0 atom stereocenters. The van der Waals surface area contributed by atoms with Crippen LogP contribution >= 0.6 is 11.3 Å². The molecule has 0 aliphatic heterocycles. The molecule has 1 N–H and O–H groups in total. The maximum Gasteiger partial charge on any atom is 0.573 e. The second kappa shape index (κ2) is 10.3. The number of nitrogens with zero attached hydrogens (tertiary/aromatic N) is 3. The number of hydrogen-bond donors (Lipinski definition) is 1. The molecular formula is C26H24F4N4O2S. The maximum absolute atomic E-state index is 13.5. The summed E-state index contributed by atoms with van der Waals surface area (Å²) in [5.41, 5.74) is 3.01. The Morgan fingerprint density at radius 2 is 1.84 bits per heavy atom. The van der Waals surface area contributed by atoms with Gasteiger partial charge in [0.1, 0.15) is 16.6 Å². The van der Waals surface area contributed by atoms with E-state index in [0.717, 1.165) is 16.8 Å². The van der Waals surface area contributed by atoms with Gasteiger partial charge in [0.15, 0.2) is 0 Å². The van der Waals surface area contributed by atoms with E-state index in [0.29, 0.717) is 16.3 Å². The van der Waals surface area contributed by atoms with Crippen molar-refractivity contribution in [1.82, 2.24) is 20.1 Å². The Labute approximate surface area is 214 Å². The third kappa shape index (κ3) is 6.73. The molecule has 0 unspecified atom stereocenters. The van der Waals surface area contributed by atoms with E-state index < -0.39 is 6.36 Å². The van der Waals surface area contributed by atoms with E-state index in [4.69, 9.17) is 0 Å². The summed E-state index contributed by atoms with van der Waals surface area (Å²) in [5, 5.41) is 9.68. The number of rotatable bonds is 7. The van der Waals surface area contributed by atoms with Gasteiger partial charge in [-0.3, -0.25) is 9.48 Å². The molecule has 1 amide bonds. The highest BCUT2D eigenvalue weighted by Crippen LogP contribution is 2.36. The number of hydrogen-bond acceptors (Lipinski definition) is 5. The number of carbonyl (C=O) groups is 1. The van der Waals surface area contributed by atoms with Crippen LogP contribution in [0.25, 0.3) is 21.8 Å². The van der Waals surface area contributed by atoms with Crippen molar-refractivity contribution in [3.8, 4) is 27.6 Å². The Morgan fingerprint density at radius 3 is 2.51 bits per heavy atom. The Kier molecular flexibility index (Phi) is 7.35. The molecule has 194 valence electrons. The third-order valence-electron chi connectivity index (χ3n) is 5.27. The molecule has 6 nitrogen and oxygen atoms in total. The predicted molar refractivity (Wildman–Crippen MR) is 132 cm³/mol. The zero-order chi connectivity index (χ0) is 26.8. The lowest BCUT2D eigenvalue weighted by Crippen LogP contribution is -2.24. The van der Waals surface area contributed by atoms with Gasteiger partial charge in [-0.15, -0.1) is 24.5 Å². The number of alkyl halides is 3. The van der Waals surface area contributed by atoms with Crippen LogP contribution in [0.5, 0.6) is 5.75 Å². The molecule has 0 spiro atoms. The van der Waals surface area contributed by atoms with Crippen LogP contribution in [0.4, 0.5) is 17.6 Å². The van der Waals surface area contributed by atoms with Crippen LogP contribution in [-0.4, -0.2) is 27.0 Å². The van der Waals surface area contributed by atoms with Crippen molar-refractivity contribution in [2.45, 2.75) is 45.6 Å². The summed E-state index contributed by atoms with van der Waals surface area (Å²) in [5.74, 6) is -1.02. The smallest absolute Gasteiger partial charge is 0.406 e. The first-order chi connectivity index (χ1) is 17.4. The lowest BCUT2D eigenvalue weighted by atomic mass is 10.0. The van der Waals surface area contributed by atoms with Crippen LogP contribution in [0.3, 0.4) is 0 Å². The van der Waals surface area contributed by atoms with E-state index in [2.05, 4.69) is 20.1 Å². The van der Waals surface area contributed by atoms with E-state index in [1.807, 2.05) is 25.5 Å². The van der Waals surface area contributed by atoms with Crippen molar-refractivity contribution in [2.75, 3.05) is 0 Å². The SMILES string of the molecule is CC(C)(C)n1ncc(-c2nc(CC(=O)NCc3cccc(OC(F)(F)F)c3)cs2)c1-c1ccc(F)cc1. The molecule has 0 fully saturated rings. The quantitative estimate of drug-likeness (QED) is 0.283. The van der Waals surface area contributed by atoms with Crippen LogP contribution in [0.15, 0.2) is 60.1 Å². The number of halogens is 4. The standard InChI is InChI=1S/C26H24F4N4O2S/c1-25(2,3)34-23(17-7-9-18(27)10-8-17)21(14-32-34)24-33-19(15-37-24)12-22(35)31-13-16-5-4-6-20(11-16)36-26(28,29)30/h4-11,14-15H,12-13H2,1-3H3,(H,31,35). The van der Waals surface area contributed by atoms with Crippen molar-refractivity contribution in [2.24, 2.45) is 0 Å². The van der Waals surface area contributed by atoms with Gasteiger partial charge in [-0.05, 0) is 62.7 Å². The van der Waals surface area contributed by atoms with E-state index in [-0.39, 0.29) is 36.0 Å². The normalized spacial score (nSPS) is 12.0. The highest BCUT2D eigenvalue weighted by molar-refractivity contribution is 7.13.